The minimum absolute atomic E-state index is 0.109. The molecule has 4 rings (SSSR count). The molecule has 0 saturated heterocycles. The number of hydrogen-bond acceptors (Lipinski definition) is 4. The lowest BCUT2D eigenvalue weighted by atomic mass is 9.80. The van der Waals surface area contributed by atoms with Crippen LogP contribution in [0.1, 0.15) is 17.0 Å². The van der Waals surface area contributed by atoms with E-state index in [0.717, 1.165) is 22.3 Å². The summed E-state index contributed by atoms with van der Waals surface area (Å²) < 4.78 is 5.93. The Kier molecular flexibility index (Phi) is 5.15. The third kappa shape index (κ3) is 3.29. The first kappa shape index (κ1) is 18.6. The van der Waals surface area contributed by atoms with Gasteiger partial charge in [0.2, 0.25) is 5.88 Å². The minimum Gasteiger partial charge on any atom is -0.440 e. The van der Waals surface area contributed by atoms with E-state index in [9.17, 15) is 5.26 Å². The highest BCUT2D eigenvalue weighted by Crippen LogP contribution is 2.44. The number of nitriles is 1. The SMILES string of the molecule is N#CC1=C(N)OC2=C(CNC/C2=C\c2ccccc2Cl)[C@H]1c1ccccc1Cl. The van der Waals surface area contributed by atoms with Crippen LogP contribution in [0.25, 0.3) is 6.08 Å². The Labute approximate surface area is 173 Å². The first-order valence-electron chi connectivity index (χ1n) is 8.81. The Balaban J connectivity index is 1.88. The molecule has 0 amide bonds. The third-order valence-corrected chi connectivity index (χ3v) is 5.59. The van der Waals surface area contributed by atoms with Gasteiger partial charge in [-0.25, -0.2) is 0 Å². The topological polar surface area (TPSA) is 71.1 Å². The maximum absolute atomic E-state index is 9.73. The fourth-order valence-electron chi connectivity index (χ4n) is 3.61. The molecule has 2 heterocycles. The molecule has 0 radical (unpaired) electrons. The number of nitrogens with zero attached hydrogens (tertiary/aromatic N) is 1. The minimum atomic E-state index is -0.357. The Bertz CT molecular complexity index is 1080. The van der Waals surface area contributed by atoms with Gasteiger partial charge in [0.05, 0.1) is 5.92 Å². The molecule has 6 heteroatoms. The first-order chi connectivity index (χ1) is 13.6. The van der Waals surface area contributed by atoms with Crippen molar-refractivity contribution < 1.29 is 4.74 Å². The average Bonchev–Trinajstić information content (AvgIpc) is 2.70. The van der Waals surface area contributed by atoms with Crippen LogP contribution in [0, 0.1) is 11.3 Å². The van der Waals surface area contributed by atoms with Crippen LogP contribution in [0.15, 0.2) is 76.9 Å². The van der Waals surface area contributed by atoms with Crippen LogP contribution in [-0.2, 0) is 4.74 Å². The number of nitrogens with two attached hydrogens (primary N) is 1. The zero-order valence-electron chi connectivity index (χ0n) is 14.9. The second-order valence-corrected chi connectivity index (χ2v) is 7.41. The molecule has 0 saturated carbocycles. The molecule has 0 aliphatic carbocycles. The zero-order valence-corrected chi connectivity index (χ0v) is 16.4. The summed E-state index contributed by atoms with van der Waals surface area (Å²) >= 11 is 12.8. The highest BCUT2D eigenvalue weighted by molar-refractivity contribution is 6.32. The van der Waals surface area contributed by atoms with Gasteiger partial charge in [-0.3, -0.25) is 0 Å². The summed E-state index contributed by atoms with van der Waals surface area (Å²) in [5.41, 5.74) is 10.1. The normalized spacial score (nSPS) is 20.6. The van der Waals surface area contributed by atoms with Gasteiger partial charge in [-0.15, -0.1) is 0 Å². The van der Waals surface area contributed by atoms with Crippen LogP contribution in [0.4, 0.5) is 0 Å². The highest BCUT2D eigenvalue weighted by Gasteiger charge is 2.36. The van der Waals surface area contributed by atoms with E-state index in [1.54, 1.807) is 0 Å². The molecule has 0 unspecified atom stereocenters. The molecule has 28 heavy (non-hydrogen) atoms. The van der Waals surface area contributed by atoms with Gasteiger partial charge >= 0.3 is 0 Å². The first-order valence-corrected chi connectivity index (χ1v) is 9.57. The number of nitrogens with one attached hydrogen (secondary N) is 1. The Morgan fingerprint density at radius 2 is 1.79 bits per heavy atom. The zero-order chi connectivity index (χ0) is 19.7. The van der Waals surface area contributed by atoms with E-state index in [2.05, 4.69) is 11.4 Å². The van der Waals surface area contributed by atoms with Crippen LogP contribution in [0.3, 0.4) is 0 Å². The van der Waals surface area contributed by atoms with Crippen molar-refractivity contribution in [2.75, 3.05) is 13.1 Å². The number of allylic oxidation sites excluding steroid dienone is 1. The van der Waals surface area contributed by atoms with E-state index in [1.165, 1.54) is 0 Å². The van der Waals surface area contributed by atoms with Crippen molar-refractivity contribution in [3.8, 4) is 6.07 Å². The van der Waals surface area contributed by atoms with Crippen molar-refractivity contribution in [3.05, 3.63) is 98.1 Å². The molecule has 140 valence electrons. The van der Waals surface area contributed by atoms with Gasteiger partial charge in [0, 0.05) is 28.7 Å². The lowest BCUT2D eigenvalue weighted by Gasteiger charge is -2.34. The second kappa shape index (κ2) is 7.73. The number of rotatable bonds is 2. The van der Waals surface area contributed by atoms with E-state index in [4.69, 9.17) is 33.7 Å². The predicted molar refractivity (Wildman–Crippen MR) is 111 cm³/mol. The lowest BCUT2D eigenvalue weighted by molar-refractivity contribution is 0.279. The van der Waals surface area contributed by atoms with E-state index < -0.39 is 0 Å². The van der Waals surface area contributed by atoms with E-state index >= 15 is 0 Å². The molecule has 0 spiro atoms. The smallest absolute Gasteiger partial charge is 0.205 e. The molecule has 1 atom stereocenters. The fraction of sp³-hybridized carbons (Fsp3) is 0.136. The van der Waals surface area contributed by atoms with Gasteiger partial charge in [0.15, 0.2) is 0 Å². The maximum Gasteiger partial charge on any atom is 0.205 e. The third-order valence-electron chi connectivity index (χ3n) is 4.90. The van der Waals surface area contributed by atoms with Crippen molar-refractivity contribution in [1.82, 2.24) is 5.32 Å². The van der Waals surface area contributed by atoms with Crippen LogP contribution in [-0.4, -0.2) is 13.1 Å². The number of ether oxygens (including phenoxy) is 1. The highest BCUT2D eigenvalue weighted by atomic mass is 35.5. The van der Waals surface area contributed by atoms with Crippen molar-refractivity contribution >= 4 is 29.3 Å². The van der Waals surface area contributed by atoms with Crippen LogP contribution in [0.5, 0.6) is 0 Å². The standard InChI is InChI=1S/C22H17Cl2N3O/c23-18-7-3-1-5-13(18)9-14-11-27-12-17-20(15-6-2-4-8-19(15)24)16(10-25)22(26)28-21(14)17/h1-9,20,27H,11-12,26H2/b14-9+/t20-/m0/s1. The summed E-state index contributed by atoms with van der Waals surface area (Å²) in [4.78, 5) is 0. The Morgan fingerprint density at radius 3 is 2.50 bits per heavy atom. The van der Waals surface area contributed by atoms with E-state index in [0.29, 0.717) is 34.5 Å². The second-order valence-electron chi connectivity index (χ2n) is 6.60. The van der Waals surface area contributed by atoms with Crippen LogP contribution in [0.2, 0.25) is 10.0 Å². The average molecular weight is 410 g/mol. The largest absolute Gasteiger partial charge is 0.440 e. The van der Waals surface area contributed by atoms with Gasteiger partial charge in [-0.05, 0) is 34.9 Å². The summed E-state index contributed by atoms with van der Waals surface area (Å²) in [5.74, 6) is 0.433. The van der Waals surface area contributed by atoms with Crippen molar-refractivity contribution in [3.63, 3.8) is 0 Å². The monoisotopic (exact) mass is 409 g/mol. The maximum atomic E-state index is 9.73. The summed E-state index contributed by atoms with van der Waals surface area (Å²) in [7, 11) is 0. The Hall–Kier alpha value is -2.71. The lowest BCUT2D eigenvalue weighted by Crippen LogP contribution is -2.34. The molecule has 4 nitrogen and oxygen atoms in total. The molecule has 3 N–H and O–H groups in total. The Morgan fingerprint density at radius 1 is 1.07 bits per heavy atom. The summed E-state index contributed by atoms with van der Waals surface area (Å²) in [6.45, 7) is 1.18. The van der Waals surface area contributed by atoms with Crippen molar-refractivity contribution in [2.24, 2.45) is 5.73 Å². The summed E-state index contributed by atoms with van der Waals surface area (Å²) in [5, 5.41) is 14.4. The molecule has 0 bridgehead atoms. The number of halogens is 2. The van der Waals surface area contributed by atoms with Crippen molar-refractivity contribution in [1.29, 1.82) is 5.26 Å². The molecule has 2 aliphatic rings. The van der Waals surface area contributed by atoms with Gasteiger partial charge < -0.3 is 15.8 Å². The van der Waals surface area contributed by atoms with Gasteiger partial charge in [0.1, 0.15) is 17.4 Å². The molecule has 2 aromatic carbocycles. The molecule has 2 aromatic rings. The predicted octanol–water partition coefficient (Wildman–Crippen LogP) is 4.74. The molecular weight excluding hydrogens is 393 g/mol. The molecule has 2 aliphatic heterocycles. The van der Waals surface area contributed by atoms with Crippen LogP contribution >= 0.6 is 23.2 Å². The molecular formula is C22H17Cl2N3O. The van der Waals surface area contributed by atoms with E-state index in [-0.39, 0.29) is 11.8 Å². The quantitative estimate of drug-likeness (QED) is 0.750. The summed E-state index contributed by atoms with van der Waals surface area (Å²) in [6, 6.07) is 17.3. The van der Waals surface area contributed by atoms with Crippen molar-refractivity contribution in [2.45, 2.75) is 5.92 Å². The number of benzene rings is 2. The van der Waals surface area contributed by atoms with Gasteiger partial charge in [0.25, 0.3) is 0 Å². The fourth-order valence-corrected chi connectivity index (χ4v) is 4.05. The summed E-state index contributed by atoms with van der Waals surface area (Å²) in [6.07, 6.45) is 1.98. The number of hydrogen-bond donors (Lipinski definition) is 2. The molecule has 0 fully saturated rings. The van der Waals surface area contributed by atoms with Gasteiger partial charge in [-0.1, -0.05) is 59.6 Å². The molecule has 0 aromatic heterocycles. The van der Waals surface area contributed by atoms with Crippen LogP contribution < -0.4 is 11.1 Å². The van der Waals surface area contributed by atoms with Gasteiger partial charge in [-0.2, -0.15) is 5.26 Å². The van der Waals surface area contributed by atoms with E-state index in [1.807, 2.05) is 54.6 Å².